The number of halogens is 1. The van der Waals surface area contributed by atoms with E-state index in [0.717, 1.165) is 16.5 Å². The third kappa shape index (κ3) is 5.56. The van der Waals surface area contributed by atoms with Crippen LogP contribution in [0, 0.1) is 0 Å². The Morgan fingerprint density at radius 3 is 2.72 bits per heavy atom. The number of carbonyl (C=O) groups excluding carboxylic acids is 1. The lowest BCUT2D eigenvalue weighted by Crippen LogP contribution is -2.17. The molecule has 1 amide bonds. The number of pyridine rings is 1. The van der Waals surface area contributed by atoms with Gasteiger partial charge >= 0.3 is 0 Å². The lowest BCUT2D eigenvalue weighted by molar-refractivity contribution is 0.0955. The van der Waals surface area contributed by atoms with Crippen LogP contribution in [0.15, 0.2) is 46.2 Å². The number of ether oxygens (including phenoxy) is 2. The van der Waals surface area contributed by atoms with Gasteiger partial charge in [0.1, 0.15) is 0 Å². The van der Waals surface area contributed by atoms with Gasteiger partial charge in [0.05, 0.1) is 23.9 Å². The highest BCUT2D eigenvalue weighted by atomic mass is 79.9. The molecular formula is C18H20BrN3O3. The summed E-state index contributed by atoms with van der Waals surface area (Å²) in [7, 11) is 0. The number of carbonyl (C=O) groups is 1. The van der Waals surface area contributed by atoms with Gasteiger partial charge in [0.2, 0.25) is 0 Å². The average Bonchev–Trinajstić information content (AvgIpc) is 2.62. The summed E-state index contributed by atoms with van der Waals surface area (Å²) >= 11 is 3.49. The van der Waals surface area contributed by atoms with Crippen molar-refractivity contribution in [3.63, 3.8) is 0 Å². The predicted molar refractivity (Wildman–Crippen MR) is 100 cm³/mol. The topological polar surface area (TPSA) is 72.8 Å². The van der Waals surface area contributed by atoms with Crippen molar-refractivity contribution in [3.05, 3.63) is 52.3 Å². The van der Waals surface area contributed by atoms with Gasteiger partial charge in [0.25, 0.3) is 5.91 Å². The Morgan fingerprint density at radius 2 is 2.04 bits per heavy atom. The van der Waals surface area contributed by atoms with E-state index in [0.29, 0.717) is 30.3 Å². The lowest BCUT2D eigenvalue weighted by Gasteiger charge is -2.14. The molecule has 0 bridgehead atoms. The zero-order chi connectivity index (χ0) is 18.1. The fourth-order valence-corrected chi connectivity index (χ4v) is 2.58. The average molecular weight is 406 g/mol. The van der Waals surface area contributed by atoms with E-state index in [1.54, 1.807) is 30.7 Å². The number of hydrogen-bond acceptors (Lipinski definition) is 5. The summed E-state index contributed by atoms with van der Waals surface area (Å²) in [4.78, 5) is 15.8. The Morgan fingerprint density at radius 1 is 1.28 bits per heavy atom. The molecule has 132 valence electrons. The smallest absolute Gasteiger partial charge is 0.271 e. The van der Waals surface area contributed by atoms with Gasteiger partial charge in [-0.3, -0.25) is 9.78 Å². The number of aromatic nitrogens is 1. The van der Waals surface area contributed by atoms with Crippen LogP contribution in [-0.4, -0.2) is 30.3 Å². The SMILES string of the molecule is CCCOc1c(Br)cc(C=NNC(=O)c2ccncc2)cc1OCC. The number of nitrogens with zero attached hydrogens (tertiary/aromatic N) is 2. The molecule has 1 N–H and O–H groups in total. The molecule has 0 saturated carbocycles. The molecule has 1 heterocycles. The monoisotopic (exact) mass is 405 g/mol. The highest BCUT2D eigenvalue weighted by molar-refractivity contribution is 9.10. The van der Waals surface area contributed by atoms with Crippen LogP contribution >= 0.6 is 15.9 Å². The molecule has 0 saturated heterocycles. The first-order chi connectivity index (χ1) is 12.2. The normalized spacial score (nSPS) is 10.7. The second-order valence-electron chi connectivity index (χ2n) is 5.05. The van der Waals surface area contributed by atoms with Crippen molar-refractivity contribution < 1.29 is 14.3 Å². The van der Waals surface area contributed by atoms with Gasteiger partial charge in [-0.2, -0.15) is 5.10 Å². The maximum atomic E-state index is 11.9. The van der Waals surface area contributed by atoms with E-state index in [1.165, 1.54) is 0 Å². The molecule has 1 aromatic carbocycles. The molecule has 0 aliphatic carbocycles. The molecule has 0 fully saturated rings. The van der Waals surface area contributed by atoms with Crippen molar-refractivity contribution in [2.45, 2.75) is 20.3 Å². The van der Waals surface area contributed by atoms with Gasteiger partial charge in [-0.05, 0) is 59.1 Å². The Hall–Kier alpha value is -2.41. The second kappa shape index (κ2) is 9.78. The molecule has 1 aromatic heterocycles. The summed E-state index contributed by atoms with van der Waals surface area (Å²) in [5, 5.41) is 3.99. The molecule has 7 heteroatoms. The molecule has 0 unspecified atom stereocenters. The van der Waals surface area contributed by atoms with E-state index in [9.17, 15) is 4.79 Å². The number of rotatable bonds is 8. The summed E-state index contributed by atoms with van der Waals surface area (Å²) in [5.74, 6) is 1.000. The van der Waals surface area contributed by atoms with Crippen LogP contribution in [0.4, 0.5) is 0 Å². The fourth-order valence-electron chi connectivity index (χ4n) is 2.00. The summed E-state index contributed by atoms with van der Waals surface area (Å²) in [5.41, 5.74) is 3.75. The molecule has 0 spiro atoms. The number of amides is 1. The summed E-state index contributed by atoms with van der Waals surface area (Å²) in [6.07, 6.45) is 5.57. The minimum Gasteiger partial charge on any atom is -0.490 e. The van der Waals surface area contributed by atoms with Crippen molar-refractivity contribution in [3.8, 4) is 11.5 Å². The Bertz CT molecular complexity index is 736. The third-order valence-corrected chi connectivity index (χ3v) is 3.69. The van der Waals surface area contributed by atoms with Gasteiger partial charge in [0, 0.05) is 18.0 Å². The van der Waals surface area contributed by atoms with Crippen LogP contribution in [0.25, 0.3) is 0 Å². The minimum atomic E-state index is -0.300. The van der Waals surface area contributed by atoms with Gasteiger partial charge in [-0.1, -0.05) is 6.92 Å². The largest absolute Gasteiger partial charge is 0.490 e. The van der Waals surface area contributed by atoms with Crippen molar-refractivity contribution in [2.75, 3.05) is 13.2 Å². The third-order valence-electron chi connectivity index (χ3n) is 3.10. The highest BCUT2D eigenvalue weighted by Crippen LogP contribution is 2.36. The van der Waals surface area contributed by atoms with Gasteiger partial charge in [-0.25, -0.2) is 5.43 Å². The minimum absolute atomic E-state index is 0.300. The zero-order valence-electron chi connectivity index (χ0n) is 14.2. The first-order valence-electron chi connectivity index (χ1n) is 7.98. The van der Waals surface area contributed by atoms with E-state index in [-0.39, 0.29) is 5.91 Å². The molecule has 0 radical (unpaired) electrons. The number of benzene rings is 1. The van der Waals surface area contributed by atoms with Crippen LogP contribution < -0.4 is 14.9 Å². The van der Waals surface area contributed by atoms with Crippen LogP contribution in [-0.2, 0) is 0 Å². The fraction of sp³-hybridized carbons (Fsp3) is 0.278. The Kier molecular flexibility index (Phi) is 7.40. The maximum Gasteiger partial charge on any atom is 0.271 e. The second-order valence-corrected chi connectivity index (χ2v) is 5.90. The Balaban J connectivity index is 2.12. The standard InChI is InChI=1S/C18H20BrN3O3/c1-3-9-25-17-15(19)10-13(11-16(17)24-4-2)12-21-22-18(23)14-5-7-20-8-6-14/h5-8,10-12H,3-4,9H2,1-2H3,(H,22,23). The van der Waals surface area contributed by atoms with Crippen molar-refractivity contribution in [2.24, 2.45) is 5.10 Å². The molecule has 2 aromatic rings. The van der Waals surface area contributed by atoms with Gasteiger partial charge in [-0.15, -0.1) is 0 Å². The molecule has 25 heavy (non-hydrogen) atoms. The van der Waals surface area contributed by atoms with Crippen molar-refractivity contribution in [1.82, 2.24) is 10.4 Å². The van der Waals surface area contributed by atoms with Crippen LogP contribution in [0.1, 0.15) is 36.2 Å². The van der Waals surface area contributed by atoms with Crippen molar-refractivity contribution >= 4 is 28.1 Å². The summed E-state index contributed by atoms with van der Waals surface area (Å²) < 4.78 is 12.1. The molecular weight excluding hydrogens is 386 g/mol. The quantitative estimate of drug-likeness (QED) is 0.535. The number of nitrogens with one attached hydrogen (secondary N) is 1. The van der Waals surface area contributed by atoms with Gasteiger partial charge < -0.3 is 9.47 Å². The molecule has 2 rings (SSSR count). The molecule has 6 nitrogen and oxygen atoms in total. The van der Waals surface area contributed by atoms with E-state index in [4.69, 9.17) is 9.47 Å². The van der Waals surface area contributed by atoms with Crippen molar-refractivity contribution in [1.29, 1.82) is 0 Å². The lowest BCUT2D eigenvalue weighted by atomic mass is 10.2. The number of hydrogen-bond donors (Lipinski definition) is 1. The zero-order valence-corrected chi connectivity index (χ0v) is 15.7. The maximum absolute atomic E-state index is 11.9. The molecule has 0 aliphatic heterocycles. The summed E-state index contributed by atoms with van der Waals surface area (Å²) in [6.45, 7) is 5.08. The van der Waals surface area contributed by atoms with Crippen LogP contribution in [0.5, 0.6) is 11.5 Å². The van der Waals surface area contributed by atoms with Crippen LogP contribution in [0.2, 0.25) is 0 Å². The van der Waals surface area contributed by atoms with Gasteiger partial charge in [0.15, 0.2) is 11.5 Å². The van der Waals surface area contributed by atoms with E-state index in [1.807, 2.05) is 26.0 Å². The van der Waals surface area contributed by atoms with Crippen LogP contribution in [0.3, 0.4) is 0 Å². The number of hydrazone groups is 1. The Labute approximate surface area is 155 Å². The van der Waals surface area contributed by atoms with E-state index < -0.39 is 0 Å². The summed E-state index contributed by atoms with van der Waals surface area (Å²) in [6, 6.07) is 6.92. The molecule has 0 aliphatic rings. The predicted octanol–water partition coefficient (Wildman–Crippen LogP) is 3.80. The first kappa shape index (κ1) is 18.9. The molecule has 0 atom stereocenters. The highest BCUT2D eigenvalue weighted by Gasteiger charge is 2.11. The first-order valence-corrected chi connectivity index (χ1v) is 8.77. The van der Waals surface area contributed by atoms with E-state index >= 15 is 0 Å². The van der Waals surface area contributed by atoms with E-state index in [2.05, 4.69) is 31.4 Å².